The molecule has 0 bridgehead atoms. The van der Waals surface area contributed by atoms with E-state index in [1.54, 1.807) is 7.11 Å². The average molecular weight is 158 g/mol. The number of carbonyl (C=O) groups excluding carboxylic acids is 1. The summed E-state index contributed by atoms with van der Waals surface area (Å²) >= 11 is 0. The number of ketones is 1. The zero-order valence-electron chi connectivity index (χ0n) is 7.72. The van der Waals surface area contributed by atoms with Gasteiger partial charge < -0.3 is 4.74 Å². The van der Waals surface area contributed by atoms with Gasteiger partial charge in [0.15, 0.2) is 5.78 Å². The second-order valence-corrected chi connectivity index (χ2v) is 2.70. The van der Waals surface area contributed by atoms with Crippen molar-refractivity contribution in [2.75, 3.05) is 7.11 Å². The molecule has 0 amide bonds. The van der Waals surface area contributed by atoms with E-state index >= 15 is 0 Å². The summed E-state index contributed by atoms with van der Waals surface area (Å²) in [6, 6.07) is 0. The van der Waals surface area contributed by atoms with Crippen molar-refractivity contribution in [3.8, 4) is 0 Å². The lowest BCUT2D eigenvalue weighted by Crippen LogP contribution is -2.21. The van der Waals surface area contributed by atoms with E-state index in [1.165, 1.54) is 0 Å². The van der Waals surface area contributed by atoms with Crippen molar-refractivity contribution in [1.29, 1.82) is 0 Å². The second-order valence-electron chi connectivity index (χ2n) is 2.70. The highest BCUT2D eigenvalue weighted by Crippen LogP contribution is 2.04. The molecule has 0 aliphatic heterocycles. The standard InChI is InChI=1S/C9H18O2/c1-4-6-7-8(10)9(5-2)11-3/h9H,4-7H2,1-3H3. The minimum atomic E-state index is -0.165. The quantitative estimate of drug-likeness (QED) is 0.592. The summed E-state index contributed by atoms with van der Waals surface area (Å²) in [7, 11) is 1.60. The molecular weight excluding hydrogens is 140 g/mol. The Morgan fingerprint density at radius 2 is 2.09 bits per heavy atom. The highest BCUT2D eigenvalue weighted by molar-refractivity contribution is 5.82. The van der Waals surface area contributed by atoms with Crippen molar-refractivity contribution >= 4 is 5.78 Å². The number of Topliss-reactive ketones (excluding diaryl/α,β-unsaturated/α-hetero) is 1. The van der Waals surface area contributed by atoms with E-state index in [0.717, 1.165) is 19.3 Å². The lowest BCUT2D eigenvalue weighted by atomic mass is 10.1. The summed E-state index contributed by atoms with van der Waals surface area (Å²) in [6.45, 7) is 4.05. The maximum atomic E-state index is 11.2. The molecule has 0 aliphatic rings. The Balaban J connectivity index is 3.61. The number of unbranched alkanes of at least 4 members (excludes halogenated alkanes) is 1. The predicted molar refractivity (Wildman–Crippen MR) is 45.6 cm³/mol. The van der Waals surface area contributed by atoms with E-state index in [-0.39, 0.29) is 11.9 Å². The Hall–Kier alpha value is -0.370. The van der Waals surface area contributed by atoms with Crippen LogP contribution < -0.4 is 0 Å². The molecule has 0 N–H and O–H groups in total. The Labute approximate surface area is 68.9 Å². The van der Waals surface area contributed by atoms with Crippen molar-refractivity contribution in [3.63, 3.8) is 0 Å². The van der Waals surface area contributed by atoms with Crippen LogP contribution in [-0.2, 0) is 9.53 Å². The SMILES string of the molecule is CCCCC(=O)C(CC)OC. The first kappa shape index (κ1) is 10.6. The van der Waals surface area contributed by atoms with Crippen LogP contribution in [0.4, 0.5) is 0 Å². The molecule has 0 aromatic carbocycles. The molecule has 0 fully saturated rings. The van der Waals surface area contributed by atoms with Gasteiger partial charge in [0.2, 0.25) is 0 Å². The third-order valence-corrected chi connectivity index (χ3v) is 1.79. The summed E-state index contributed by atoms with van der Waals surface area (Å²) in [5.74, 6) is 0.247. The number of hydrogen-bond donors (Lipinski definition) is 0. The molecule has 0 spiro atoms. The van der Waals surface area contributed by atoms with E-state index in [4.69, 9.17) is 4.74 Å². The van der Waals surface area contributed by atoms with E-state index < -0.39 is 0 Å². The van der Waals surface area contributed by atoms with E-state index in [0.29, 0.717) is 6.42 Å². The van der Waals surface area contributed by atoms with Gasteiger partial charge in [-0.3, -0.25) is 4.79 Å². The van der Waals surface area contributed by atoms with Crippen LogP contribution >= 0.6 is 0 Å². The molecule has 0 radical (unpaired) electrons. The molecule has 1 atom stereocenters. The second kappa shape index (κ2) is 6.35. The Morgan fingerprint density at radius 1 is 1.45 bits per heavy atom. The monoisotopic (exact) mass is 158 g/mol. The van der Waals surface area contributed by atoms with Crippen LogP contribution in [0.3, 0.4) is 0 Å². The molecule has 0 heterocycles. The van der Waals surface area contributed by atoms with Crippen LogP contribution in [-0.4, -0.2) is 19.0 Å². The van der Waals surface area contributed by atoms with Crippen LogP contribution in [0.25, 0.3) is 0 Å². The summed E-state index contributed by atoms with van der Waals surface area (Å²) in [4.78, 5) is 11.2. The molecule has 0 aliphatic carbocycles. The fraction of sp³-hybridized carbons (Fsp3) is 0.889. The summed E-state index contributed by atoms with van der Waals surface area (Å²) in [5, 5.41) is 0. The van der Waals surface area contributed by atoms with Gasteiger partial charge in [-0.1, -0.05) is 20.3 Å². The summed E-state index contributed by atoms with van der Waals surface area (Å²) in [5.41, 5.74) is 0. The topological polar surface area (TPSA) is 26.3 Å². The largest absolute Gasteiger partial charge is 0.374 e. The fourth-order valence-corrected chi connectivity index (χ4v) is 1.04. The highest BCUT2D eigenvalue weighted by Gasteiger charge is 2.13. The van der Waals surface area contributed by atoms with E-state index in [9.17, 15) is 4.79 Å². The van der Waals surface area contributed by atoms with Gasteiger partial charge in [-0.15, -0.1) is 0 Å². The first-order valence-electron chi connectivity index (χ1n) is 4.31. The van der Waals surface area contributed by atoms with Crippen LogP contribution in [0, 0.1) is 0 Å². The van der Waals surface area contributed by atoms with Gasteiger partial charge in [-0.05, 0) is 12.8 Å². The lowest BCUT2D eigenvalue weighted by molar-refractivity contribution is -0.129. The van der Waals surface area contributed by atoms with Crippen LogP contribution in [0.5, 0.6) is 0 Å². The van der Waals surface area contributed by atoms with Crippen LogP contribution in [0.1, 0.15) is 39.5 Å². The summed E-state index contributed by atoms with van der Waals surface area (Å²) in [6.07, 6.45) is 3.36. The smallest absolute Gasteiger partial charge is 0.161 e. The molecule has 66 valence electrons. The summed E-state index contributed by atoms with van der Waals surface area (Å²) < 4.78 is 5.01. The van der Waals surface area contributed by atoms with Crippen molar-refractivity contribution < 1.29 is 9.53 Å². The molecule has 0 rings (SSSR count). The van der Waals surface area contributed by atoms with Gasteiger partial charge in [-0.25, -0.2) is 0 Å². The fourth-order valence-electron chi connectivity index (χ4n) is 1.04. The van der Waals surface area contributed by atoms with Gasteiger partial charge >= 0.3 is 0 Å². The Morgan fingerprint density at radius 3 is 2.45 bits per heavy atom. The zero-order chi connectivity index (χ0) is 8.69. The minimum Gasteiger partial charge on any atom is -0.374 e. The molecule has 11 heavy (non-hydrogen) atoms. The van der Waals surface area contributed by atoms with Gasteiger partial charge in [0, 0.05) is 13.5 Å². The molecule has 2 nitrogen and oxygen atoms in total. The predicted octanol–water partition coefficient (Wildman–Crippen LogP) is 2.17. The molecular formula is C9H18O2. The zero-order valence-corrected chi connectivity index (χ0v) is 7.72. The molecule has 1 unspecified atom stereocenters. The Kier molecular flexibility index (Phi) is 6.13. The maximum absolute atomic E-state index is 11.2. The van der Waals surface area contributed by atoms with Gasteiger partial charge in [-0.2, -0.15) is 0 Å². The van der Waals surface area contributed by atoms with Crippen molar-refractivity contribution in [2.24, 2.45) is 0 Å². The highest BCUT2D eigenvalue weighted by atomic mass is 16.5. The normalized spacial score (nSPS) is 13.0. The number of hydrogen-bond acceptors (Lipinski definition) is 2. The molecule has 2 heteroatoms. The number of ether oxygens (including phenoxy) is 1. The van der Waals surface area contributed by atoms with Gasteiger partial charge in [0.25, 0.3) is 0 Å². The number of methoxy groups -OCH3 is 1. The van der Waals surface area contributed by atoms with Crippen LogP contribution in [0.15, 0.2) is 0 Å². The maximum Gasteiger partial charge on any atom is 0.161 e. The lowest BCUT2D eigenvalue weighted by Gasteiger charge is -2.10. The third-order valence-electron chi connectivity index (χ3n) is 1.79. The van der Waals surface area contributed by atoms with Crippen LogP contribution in [0.2, 0.25) is 0 Å². The minimum absolute atomic E-state index is 0.165. The van der Waals surface area contributed by atoms with Crippen molar-refractivity contribution in [1.82, 2.24) is 0 Å². The molecule has 0 saturated carbocycles. The molecule has 0 aromatic rings. The Bertz CT molecular complexity index is 106. The van der Waals surface area contributed by atoms with Gasteiger partial charge in [0.05, 0.1) is 0 Å². The van der Waals surface area contributed by atoms with Crippen molar-refractivity contribution in [2.45, 2.75) is 45.6 Å². The first-order valence-corrected chi connectivity index (χ1v) is 4.31. The third kappa shape index (κ3) is 4.14. The van der Waals surface area contributed by atoms with E-state index in [2.05, 4.69) is 6.92 Å². The van der Waals surface area contributed by atoms with E-state index in [1.807, 2.05) is 6.92 Å². The van der Waals surface area contributed by atoms with Crippen molar-refractivity contribution in [3.05, 3.63) is 0 Å². The number of carbonyl (C=O) groups is 1. The molecule has 0 saturated heterocycles. The van der Waals surface area contributed by atoms with Gasteiger partial charge in [0.1, 0.15) is 6.10 Å². The first-order chi connectivity index (χ1) is 5.26. The molecule has 0 aromatic heterocycles. The average Bonchev–Trinajstić information content (AvgIpc) is 2.03. The number of rotatable bonds is 6.